The lowest BCUT2D eigenvalue weighted by Gasteiger charge is -2.03. The molecule has 0 atom stereocenters. The molecule has 0 aliphatic rings. The number of aryl methyl sites for hydroxylation is 1. The molecule has 1 aromatic heterocycles. The first-order valence-corrected chi connectivity index (χ1v) is 5.84. The Balaban J connectivity index is 2.08. The second-order valence-corrected chi connectivity index (χ2v) is 4.16. The van der Waals surface area contributed by atoms with Gasteiger partial charge in [-0.05, 0) is 17.7 Å². The number of oxazole rings is 1. The van der Waals surface area contributed by atoms with E-state index in [0.29, 0.717) is 17.6 Å². The summed E-state index contributed by atoms with van der Waals surface area (Å²) >= 11 is 0. The van der Waals surface area contributed by atoms with Crippen LogP contribution in [0, 0.1) is 11.3 Å². The molecular formula is C13H13N3O3. The molecule has 6 nitrogen and oxygen atoms in total. The molecule has 0 spiro atoms. The van der Waals surface area contributed by atoms with Crippen LogP contribution in [0.2, 0.25) is 0 Å². The number of rotatable bonds is 4. The van der Waals surface area contributed by atoms with E-state index in [0.717, 1.165) is 5.56 Å². The smallest absolute Gasteiger partial charge is 0.408 e. The Kier molecular flexibility index (Phi) is 3.66. The van der Waals surface area contributed by atoms with Crippen LogP contribution < -0.4 is 11.1 Å². The molecule has 0 saturated carbocycles. The summed E-state index contributed by atoms with van der Waals surface area (Å²) < 4.78 is 6.48. The second kappa shape index (κ2) is 5.40. The van der Waals surface area contributed by atoms with E-state index in [-0.39, 0.29) is 18.7 Å². The maximum atomic E-state index is 11.4. The summed E-state index contributed by atoms with van der Waals surface area (Å²) in [7, 11) is 1.64. The highest BCUT2D eigenvalue weighted by molar-refractivity contribution is 5.77. The fourth-order valence-electron chi connectivity index (χ4n) is 1.75. The number of hydrogen-bond donors (Lipinski definition) is 1. The number of nitrogens with zero attached hydrogens (tertiary/aromatic N) is 2. The minimum Gasteiger partial charge on any atom is -0.408 e. The van der Waals surface area contributed by atoms with E-state index in [1.807, 2.05) is 12.1 Å². The summed E-state index contributed by atoms with van der Waals surface area (Å²) in [5.74, 6) is -0.582. The van der Waals surface area contributed by atoms with Crippen molar-refractivity contribution >= 4 is 17.0 Å². The van der Waals surface area contributed by atoms with Crippen LogP contribution in [0.1, 0.15) is 18.4 Å². The molecule has 1 amide bonds. The molecule has 0 unspecified atom stereocenters. The van der Waals surface area contributed by atoms with Gasteiger partial charge in [-0.25, -0.2) is 4.79 Å². The molecule has 1 N–H and O–H groups in total. The minimum absolute atomic E-state index is 0.170. The van der Waals surface area contributed by atoms with Gasteiger partial charge in [0.25, 0.3) is 0 Å². The number of carbonyl (C=O) groups excluding carboxylic acids is 1. The van der Waals surface area contributed by atoms with Crippen molar-refractivity contribution in [1.29, 1.82) is 5.26 Å². The van der Waals surface area contributed by atoms with Crippen molar-refractivity contribution in [2.24, 2.45) is 7.05 Å². The quantitative estimate of drug-likeness (QED) is 0.888. The van der Waals surface area contributed by atoms with E-state index < -0.39 is 5.76 Å². The van der Waals surface area contributed by atoms with Crippen LogP contribution in [0.25, 0.3) is 11.1 Å². The molecule has 6 heteroatoms. The van der Waals surface area contributed by atoms with Gasteiger partial charge in [-0.2, -0.15) is 5.26 Å². The third-order valence-electron chi connectivity index (χ3n) is 2.81. The van der Waals surface area contributed by atoms with Crippen molar-refractivity contribution in [3.8, 4) is 6.07 Å². The van der Waals surface area contributed by atoms with Gasteiger partial charge in [-0.15, -0.1) is 0 Å². The van der Waals surface area contributed by atoms with Gasteiger partial charge in [0, 0.05) is 26.4 Å². The lowest BCUT2D eigenvalue weighted by atomic mass is 10.2. The summed E-state index contributed by atoms with van der Waals surface area (Å²) in [4.78, 5) is 22.7. The summed E-state index contributed by atoms with van der Waals surface area (Å²) in [5.41, 5.74) is 2.05. The van der Waals surface area contributed by atoms with Crippen LogP contribution in [0.5, 0.6) is 0 Å². The number of fused-ring (bicyclic) bond motifs is 1. The summed E-state index contributed by atoms with van der Waals surface area (Å²) in [6.07, 6.45) is 0.400. The summed E-state index contributed by atoms with van der Waals surface area (Å²) in [6, 6.07) is 7.24. The molecule has 0 aliphatic heterocycles. The topological polar surface area (TPSA) is 88.0 Å². The standard InChI is InChI=1S/C13H13N3O3/c1-16-10-5-4-9(7-11(10)19-13(16)18)8-15-12(17)3-2-6-14/h4-5,7H,2-3,8H2,1H3,(H,15,17). The Morgan fingerprint density at radius 2 is 2.32 bits per heavy atom. The van der Waals surface area contributed by atoms with Crippen LogP contribution in [-0.2, 0) is 18.4 Å². The lowest BCUT2D eigenvalue weighted by molar-refractivity contribution is -0.121. The molecule has 0 fully saturated rings. The third kappa shape index (κ3) is 2.83. The average molecular weight is 259 g/mol. The Hall–Kier alpha value is -2.55. The number of aromatic nitrogens is 1. The largest absolute Gasteiger partial charge is 0.419 e. The number of carbonyl (C=O) groups is 1. The molecule has 0 bridgehead atoms. The summed E-state index contributed by atoms with van der Waals surface area (Å²) in [5, 5.41) is 11.1. The first-order chi connectivity index (χ1) is 9.11. The fraction of sp³-hybridized carbons (Fsp3) is 0.308. The second-order valence-electron chi connectivity index (χ2n) is 4.16. The number of amides is 1. The van der Waals surface area contributed by atoms with Gasteiger partial charge < -0.3 is 9.73 Å². The van der Waals surface area contributed by atoms with Crippen LogP contribution in [0.3, 0.4) is 0 Å². The minimum atomic E-state index is -0.412. The zero-order chi connectivity index (χ0) is 13.8. The van der Waals surface area contributed by atoms with Crippen molar-refractivity contribution in [3.63, 3.8) is 0 Å². The average Bonchev–Trinajstić information content (AvgIpc) is 2.69. The van der Waals surface area contributed by atoms with E-state index in [2.05, 4.69) is 5.32 Å². The Morgan fingerprint density at radius 1 is 1.53 bits per heavy atom. The molecular weight excluding hydrogens is 246 g/mol. The van der Waals surface area contributed by atoms with E-state index in [9.17, 15) is 9.59 Å². The highest BCUT2D eigenvalue weighted by Crippen LogP contribution is 2.14. The molecule has 0 radical (unpaired) electrons. The van der Waals surface area contributed by atoms with Crippen LogP contribution >= 0.6 is 0 Å². The van der Waals surface area contributed by atoms with Gasteiger partial charge in [-0.1, -0.05) is 6.07 Å². The van der Waals surface area contributed by atoms with Crippen molar-refractivity contribution in [2.75, 3.05) is 0 Å². The Bertz CT molecular complexity index is 706. The highest BCUT2D eigenvalue weighted by Gasteiger charge is 2.07. The van der Waals surface area contributed by atoms with E-state index in [4.69, 9.17) is 9.68 Å². The van der Waals surface area contributed by atoms with Crippen molar-refractivity contribution in [1.82, 2.24) is 9.88 Å². The molecule has 19 heavy (non-hydrogen) atoms. The molecule has 2 rings (SSSR count). The predicted octanol–water partition coefficient (Wildman–Crippen LogP) is 1.05. The van der Waals surface area contributed by atoms with Crippen LogP contribution in [0.4, 0.5) is 0 Å². The third-order valence-corrected chi connectivity index (χ3v) is 2.81. The molecule has 0 aliphatic carbocycles. The van der Waals surface area contributed by atoms with E-state index in [1.165, 1.54) is 4.57 Å². The van der Waals surface area contributed by atoms with Crippen LogP contribution in [-0.4, -0.2) is 10.5 Å². The van der Waals surface area contributed by atoms with Gasteiger partial charge in [-0.3, -0.25) is 9.36 Å². The molecule has 98 valence electrons. The van der Waals surface area contributed by atoms with E-state index in [1.54, 1.807) is 19.2 Å². The first kappa shape index (κ1) is 12.9. The maximum absolute atomic E-state index is 11.4. The van der Waals surface area contributed by atoms with Crippen molar-refractivity contribution in [2.45, 2.75) is 19.4 Å². The SMILES string of the molecule is Cn1c(=O)oc2cc(CNC(=O)CCC#N)ccc21. The monoisotopic (exact) mass is 259 g/mol. The predicted molar refractivity (Wildman–Crippen MR) is 68.1 cm³/mol. The van der Waals surface area contributed by atoms with Gasteiger partial charge in [0.1, 0.15) is 0 Å². The van der Waals surface area contributed by atoms with E-state index >= 15 is 0 Å². The maximum Gasteiger partial charge on any atom is 0.419 e. The number of nitrogens with one attached hydrogen (secondary N) is 1. The number of benzene rings is 1. The van der Waals surface area contributed by atoms with Gasteiger partial charge >= 0.3 is 5.76 Å². The van der Waals surface area contributed by atoms with Gasteiger partial charge in [0.05, 0.1) is 11.6 Å². The zero-order valence-corrected chi connectivity index (χ0v) is 10.5. The normalized spacial score (nSPS) is 10.3. The number of hydrogen-bond acceptors (Lipinski definition) is 4. The molecule has 0 saturated heterocycles. The first-order valence-electron chi connectivity index (χ1n) is 5.84. The lowest BCUT2D eigenvalue weighted by Crippen LogP contribution is -2.22. The summed E-state index contributed by atoms with van der Waals surface area (Å²) in [6.45, 7) is 0.346. The number of nitriles is 1. The fourth-order valence-corrected chi connectivity index (χ4v) is 1.75. The Labute approximate surface area is 109 Å². The Morgan fingerprint density at radius 3 is 3.05 bits per heavy atom. The van der Waals surface area contributed by atoms with Gasteiger partial charge in [0.2, 0.25) is 5.91 Å². The van der Waals surface area contributed by atoms with Crippen molar-refractivity contribution in [3.05, 3.63) is 34.3 Å². The van der Waals surface area contributed by atoms with Crippen molar-refractivity contribution < 1.29 is 9.21 Å². The van der Waals surface area contributed by atoms with Gasteiger partial charge in [0.15, 0.2) is 5.58 Å². The highest BCUT2D eigenvalue weighted by atomic mass is 16.4. The molecule has 1 heterocycles. The molecule has 1 aromatic carbocycles. The zero-order valence-electron chi connectivity index (χ0n) is 10.5. The molecule has 2 aromatic rings. The van der Waals surface area contributed by atoms with Crippen LogP contribution in [0.15, 0.2) is 27.4 Å².